The number of rotatable bonds is 4. The van der Waals surface area contributed by atoms with E-state index in [1.54, 1.807) is 42.1 Å². The van der Waals surface area contributed by atoms with Gasteiger partial charge in [0.2, 0.25) is 0 Å². The number of hydrogen-bond acceptors (Lipinski definition) is 4. The third-order valence-electron chi connectivity index (χ3n) is 2.85. The van der Waals surface area contributed by atoms with Crippen LogP contribution in [0.3, 0.4) is 0 Å². The molecular formula is C14H15NO4. The highest BCUT2D eigenvalue weighted by Gasteiger charge is 2.13. The molecule has 100 valence electrons. The van der Waals surface area contributed by atoms with E-state index in [0.717, 1.165) is 0 Å². The number of nitrogens with zero attached hydrogens (tertiary/aromatic N) is 1. The molecule has 0 spiro atoms. The molecular weight excluding hydrogens is 246 g/mol. The van der Waals surface area contributed by atoms with Crippen molar-refractivity contribution in [3.05, 3.63) is 47.8 Å². The summed E-state index contributed by atoms with van der Waals surface area (Å²) in [4.78, 5) is 11.6. The first-order valence-electron chi connectivity index (χ1n) is 5.75. The lowest BCUT2D eigenvalue weighted by molar-refractivity contribution is 0.0600. The Morgan fingerprint density at radius 3 is 2.74 bits per heavy atom. The molecule has 0 aliphatic carbocycles. The van der Waals surface area contributed by atoms with Crippen LogP contribution in [0.1, 0.15) is 16.1 Å². The highest BCUT2D eigenvalue weighted by atomic mass is 16.5. The zero-order valence-electron chi connectivity index (χ0n) is 10.8. The molecule has 1 heterocycles. The van der Waals surface area contributed by atoms with E-state index in [1.165, 1.54) is 7.11 Å². The molecule has 2 rings (SSSR count). The van der Waals surface area contributed by atoms with Crippen molar-refractivity contribution >= 4 is 5.97 Å². The van der Waals surface area contributed by atoms with Gasteiger partial charge in [-0.15, -0.1) is 0 Å². The van der Waals surface area contributed by atoms with Crippen LogP contribution in [-0.2, 0) is 11.3 Å². The lowest BCUT2D eigenvalue weighted by atomic mass is 10.2. The van der Waals surface area contributed by atoms with Crippen molar-refractivity contribution in [1.82, 2.24) is 4.57 Å². The van der Waals surface area contributed by atoms with Crippen LogP contribution in [0, 0.1) is 0 Å². The number of hydrogen-bond donors (Lipinski definition) is 1. The number of carbonyl (C=O) groups excluding carboxylic acids is 1. The predicted molar refractivity (Wildman–Crippen MR) is 69.6 cm³/mol. The summed E-state index contributed by atoms with van der Waals surface area (Å²) in [5.74, 6) is 0.195. The van der Waals surface area contributed by atoms with Gasteiger partial charge in [0.05, 0.1) is 32.1 Å². The number of ether oxygens (including phenoxy) is 2. The molecule has 2 aromatic rings. The number of esters is 1. The Morgan fingerprint density at radius 2 is 2.11 bits per heavy atom. The van der Waals surface area contributed by atoms with Crippen molar-refractivity contribution in [3.8, 4) is 11.4 Å². The third kappa shape index (κ3) is 2.46. The van der Waals surface area contributed by atoms with Crippen LogP contribution in [0.25, 0.3) is 5.69 Å². The van der Waals surface area contributed by atoms with Crippen LogP contribution in [0.5, 0.6) is 5.75 Å². The Bertz CT molecular complexity index is 589. The van der Waals surface area contributed by atoms with E-state index in [2.05, 4.69) is 0 Å². The van der Waals surface area contributed by atoms with E-state index in [9.17, 15) is 9.90 Å². The lowest BCUT2D eigenvalue weighted by Crippen LogP contribution is -2.06. The SMILES string of the molecule is COC(=O)c1ccc(OC)c(-n2cccc2CO)c1. The van der Waals surface area contributed by atoms with E-state index in [1.807, 2.05) is 6.07 Å². The van der Waals surface area contributed by atoms with Gasteiger partial charge >= 0.3 is 5.97 Å². The number of carbonyl (C=O) groups is 1. The number of aliphatic hydroxyl groups excluding tert-OH is 1. The molecule has 0 saturated carbocycles. The molecule has 0 aliphatic heterocycles. The fourth-order valence-corrected chi connectivity index (χ4v) is 1.90. The number of aliphatic hydroxyl groups is 1. The maximum absolute atomic E-state index is 11.6. The van der Waals surface area contributed by atoms with Crippen molar-refractivity contribution in [2.45, 2.75) is 6.61 Å². The molecule has 1 N–H and O–H groups in total. The minimum atomic E-state index is -0.415. The predicted octanol–water partition coefficient (Wildman–Crippen LogP) is 1.76. The Balaban J connectivity index is 2.56. The molecule has 5 heteroatoms. The zero-order valence-corrected chi connectivity index (χ0v) is 10.8. The molecule has 0 unspecified atom stereocenters. The summed E-state index contributed by atoms with van der Waals surface area (Å²) in [5.41, 5.74) is 1.82. The second kappa shape index (κ2) is 5.58. The fraction of sp³-hybridized carbons (Fsp3) is 0.214. The normalized spacial score (nSPS) is 10.3. The summed E-state index contributed by atoms with van der Waals surface area (Å²) >= 11 is 0. The van der Waals surface area contributed by atoms with E-state index >= 15 is 0 Å². The summed E-state index contributed by atoms with van der Waals surface area (Å²) < 4.78 is 11.8. The first-order valence-corrected chi connectivity index (χ1v) is 5.75. The van der Waals surface area contributed by atoms with Gasteiger partial charge in [0.1, 0.15) is 5.75 Å². The average Bonchev–Trinajstić information content (AvgIpc) is 2.93. The Hall–Kier alpha value is -2.27. The molecule has 0 amide bonds. The van der Waals surface area contributed by atoms with Gasteiger partial charge in [0.15, 0.2) is 0 Å². The van der Waals surface area contributed by atoms with Crippen LogP contribution in [0.15, 0.2) is 36.5 Å². The van der Waals surface area contributed by atoms with Gasteiger partial charge in [0.25, 0.3) is 0 Å². The van der Waals surface area contributed by atoms with Crippen LogP contribution in [0.2, 0.25) is 0 Å². The number of aromatic nitrogens is 1. The van der Waals surface area contributed by atoms with E-state index in [4.69, 9.17) is 9.47 Å². The molecule has 0 bridgehead atoms. The summed E-state index contributed by atoms with van der Waals surface area (Å²) in [7, 11) is 2.89. The monoisotopic (exact) mass is 261 g/mol. The second-order valence-corrected chi connectivity index (χ2v) is 3.91. The maximum atomic E-state index is 11.6. The molecule has 0 aliphatic rings. The maximum Gasteiger partial charge on any atom is 0.337 e. The molecule has 19 heavy (non-hydrogen) atoms. The van der Waals surface area contributed by atoms with Crippen LogP contribution in [0.4, 0.5) is 0 Å². The number of benzene rings is 1. The van der Waals surface area contributed by atoms with Gasteiger partial charge in [0, 0.05) is 11.9 Å². The minimum absolute atomic E-state index is 0.0986. The zero-order chi connectivity index (χ0) is 13.8. The summed E-state index contributed by atoms with van der Waals surface area (Å²) in [6.45, 7) is -0.0986. The van der Waals surface area contributed by atoms with Gasteiger partial charge in [-0.05, 0) is 30.3 Å². The quantitative estimate of drug-likeness (QED) is 0.852. The highest BCUT2D eigenvalue weighted by Crippen LogP contribution is 2.26. The lowest BCUT2D eigenvalue weighted by Gasteiger charge is -2.13. The van der Waals surface area contributed by atoms with Crippen molar-refractivity contribution in [2.75, 3.05) is 14.2 Å². The molecule has 5 nitrogen and oxygen atoms in total. The van der Waals surface area contributed by atoms with Crippen LogP contribution in [-0.4, -0.2) is 29.9 Å². The first-order chi connectivity index (χ1) is 9.21. The van der Waals surface area contributed by atoms with Crippen LogP contribution >= 0.6 is 0 Å². The van der Waals surface area contributed by atoms with Gasteiger partial charge in [-0.3, -0.25) is 0 Å². The Morgan fingerprint density at radius 1 is 1.32 bits per heavy atom. The molecule has 0 fully saturated rings. The van der Waals surface area contributed by atoms with Crippen LogP contribution < -0.4 is 4.74 Å². The molecule has 0 atom stereocenters. The minimum Gasteiger partial charge on any atom is -0.495 e. The second-order valence-electron chi connectivity index (χ2n) is 3.91. The summed E-state index contributed by atoms with van der Waals surface area (Å²) in [6, 6.07) is 8.61. The van der Waals surface area contributed by atoms with E-state index in [-0.39, 0.29) is 6.61 Å². The summed E-state index contributed by atoms with van der Waals surface area (Å²) in [6.07, 6.45) is 1.80. The van der Waals surface area contributed by atoms with Gasteiger partial charge in [-0.1, -0.05) is 0 Å². The van der Waals surface area contributed by atoms with E-state index in [0.29, 0.717) is 22.7 Å². The van der Waals surface area contributed by atoms with Gasteiger partial charge in [-0.25, -0.2) is 4.79 Å². The third-order valence-corrected chi connectivity index (χ3v) is 2.85. The van der Waals surface area contributed by atoms with Crippen molar-refractivity contribution in [2.24, 2.45) is 0 Å². The van der Waals surface area contributed by atoms with Crippen molar-refractivity contribution < 1.29 is 19.4 Å². The molecule has 1 aromatic carbocycles. The Kier molecular flexibility index (Phi) is 3.87. The largest absolute Gasteiger partial charge is 0.495 e. The first kappa shape index (κ1) is 13.2. The average molecular weight is 261 g/mol. The van der Waals surface area contributed by atoms with E-state index < -0.39 is 5.97 Å². The fourth-order valence-electron chi connectivity index (χ4n) is 1.90. The van der Waals surface area contributed by atoms with Gasteiger partial charge in [-0.2, -0.15) is 0 Å². The highest BCUT2D eigenvalue weighted by molar-refractivity contribution is 5.90. The topological polar surface area (TPSA) is 60.7 Å². The molecule has 0 saturated heterocycles. The number of methoxy groups -OCH3 is 2. The molecule has 1 aromatic heterocycles. The molecule has 0 radical (unpaired) electrons. The standard InChI is InChI=1S/C14H15NO4/c1-18-13-6-5-10(14(17)19-2)8-12(13)15-7-3-4-11(15)9-16/h3-8,16H,9H2,1-2H3. The van der Waals surface area contributed by atoms with Crippen molar-refractivity contribution in [1.29, 1.82) is 0 Å². The van der Waals surface area contributed by atoms with Gasteiger partial charge < -0.3 is 19.1 Å². The summed E-state index contributed by atoms with van der Waals surface area (Å²) in [5, 5.41) is 9.30. The smallest absolute Gasteiger partial charge is 0.337 e. The van der Waals surface area contributed by atoms with Crippen molar-refractivity contribution in [3.63, 3.8) is 0 Å². The Labute approximate surface area is 111 Å².